The number of fused-ring (bicyclic) bond motifs is 1. The highest BCUT2D eigenvalue weighted by Crippen LogP contribution is 2.25. The van der Waals surface area contributed by atoms with Crippen molar-refractivity contribution in [3.63, 3.8) is 0 Å². The predicted molar refractivity (Wildman–Crippen MR) is 90.9 cm³/mol. The Balaban J connectivity index is 1.90. The molecule has 3 aromatic rings. The van der Waals surface area contributed by atoms with Gasteiger partial charge in [0, 0.05) is 6.04 Å². The molecule has 2 N–H and O–H groups in total. The van der Waals surface area contributed by atoms with Crippen molar-refractivity contribution in [1.29, 1.82) is 0 Å². The molecule has 0 aliphatic rings. The Hall–Kier alpha value is -2.13. The van der Waals surface area contributed by atoms with Crippen LogP contribution in [0.3, 0.4) is 0 Å². The Kier molecular flexibility index (Phi) is 4.49. The summed E-state index contributed by atoms with van der Waals surface area (Å²) >= 11 is 2.78. The summed E-state index contributed by atoms with van der Waals surface area (Å²) in [6.45, 7) is 3.81. The first-order chi connectivity index (χ1) is 11.0. The van der Waals surface area contributed by atoms with Crippen LogP contribution in [0.15, 0.2) is 33.5 Å². The maximum atomic E-state index is 11.9. The summed E-state index contributed by atoms with van der Waals surface area (Å²) in [7, 11) is 0. The first kappa shape index (κ1) is 15.8. The van der Waals surface area contributed by atoms with Gasteiger partial charge in [-0.25, -0.2) is 9.61 Å². The molecule has 0 atom stereocenters. The lowest BCUT2D eigenvalue weighted by Crippen LogP contribution is -2.31. The lowest BCUT2D eigenvalue weighted by Gasteiger charge is -2.07. The first-order valence-corrected chi connectivity index (χ1v) is 8.85. The third-order valence-electron chi connectivity index (χ3n) is 2.93. The van der Waals surface area contributed by atoms with Crippen molar-refractivity contribution in [1.82, 2.24) is 25.1 Å². The second-order valence-corrected chi connectivity index (χ2v) is 7.04. The zero-order chi connectivity index (χ0) is 16.4. The van der Waals surface area contributed by atoms with E-state index in [0.29, 0.717) is 16.4 Å². The number of thioether (sulfide) groups is 1. The standard InChI is InChI=1S/C14H15N5O2S2/c1-8(2)15-12(20)7-23-14-17-16-13(21)10-6-9(18-19(10)14)11-4-3-5-22-11/h3-6,8H,7H2,1-2H3,(H,15,20)(H,16,21). The minimum atomic E-state index is -0.309. The number of amides is 1. The van der Waals surface area contributed by atoms with E-state index >= 15 is 0 Å². The van der Waals surface area contributed by atoms with Gasteiger partial charge in [0.25, 0.3) is 5.56 Å². The second kappa shape index (κ2) is 6.55. The van der Waals surface area contributed by atoms with Crippen LogP contribution in [0, 0.1) is 0 Å². The number of nitrogens with one attached hydrogen (secondary N) is 2. The average molecular weight is 349 g/mol. The third-order valence-corrected chi connectivity index (χ3v) is 4.75. The molecule has 0 fully saturated rings. The molecule has 3 rings (SSSR count). The normalized spacial score (nSPS) is 11.3. The van der Waals surface area contributed by atoms with Crippen LogP contribution < -0.4 is 10.9 Å². The fraction of sp³-hybridized carbons (Fsp3) is 0.286. The van der Waals surface area contributed by atoms with E-state index in [4.69, 9.17) is 0 Å². The smallest absolute Gasteiger partial charge is 0.290 e. The largest absolute Gasteiger partial charge is 0.353 e. The first-order valence-electron chi connectivity index (χ1n) is 6.99. The maximum absolute atomic E-state index is 11.9. The number of carbonyl (C=O) groups is 1. The number of rotatable bonds is 5. The molecule has 1 amide bonds. The van der Waals surface area contributed by atoms with E-state index in [9.17, 15) is 9.59 Å². The van der Waals surface area contributed by atoms with E-state index < -0.39 is 0 Å². The monoisotopic (exact) mass is 349 g/mol. The molecule has 0 unspecified atom stereocenters. The van der Waals surface area contributed by atoms with Crippen molar-refractivity contribution in [3.05, 3.63) is 33.9 Å². The van der Waals surface area contributed by atoms with Gasteiger partial charge in [0.2, 0.25) is 11.1 Å². The minimum Gasteiger partial charge on any atom is -0.353 e. The number of hydrogen-bond donors (Lipinski definition) is 2. The molecular weight excluding hydrogens is 334 g/mol. The van der Waals surface area contributed by atoms with E-state index in [-0.39, 0.29) is 23.3 Å². The van der Waals surface area contributed by atoms with Crippen molar-refractivity contribution in [3.8, 4) is 10.6 Å². The van der Waals surface area contributed by atoms with Crippen LogP contribution in [0.5, 0.6) is 0 Å². The van der Waals surface area contributed by atoms with E-state index in [1.807, 2.05) is 31.4 Å². The van der Waals surface area contributed by atoms with Gasteiger partial charge in [-0.3, -0.25) is 9.59 Å². The fourth-order valence-corrected chi connectivity index (χ4v) is 3.42. The van der Waals surface area contributed by atoms with Crippen LogP contribution in [-0.4, -0.2) is 37.5 Å². The summed E-state index contributed by atoms with van der Waals surface area (Å²) in [5.41, 5.74) is 0.818. The Bertz CT molecular complexity index is 882. The number of aromatic nitrogens is 4. The van der Waals surface area contributed by atoms with Gasteiger partial charge in [-0.05, 0) is 31.4 Å². The molecule has 3 heterocycles. The van der Waals surface area contributed by atoms with Gasteiger partial charge in [0.15, 0.2) is 0 Å². The fourth-order valence-electron chi connectivity index (χ4n) is 2.02. The molecule has 0 aromatic carbocycles. The molecule has 7 nitrogen and oxygen atoms in total. The van der Waals surface area contributed by atoms with Crippen LogP contribution >= 0.6 is 23.1 Å². The second-order valence-electron chi connectivity index (χ2n) is 5.15. The Morgan fingerprint density at radius 2 is 2.35 bits per heavy atom. The molecule has 9 heteroatoms. The molecule has 0 saturated heterocycles. The minimum absolute atomic E-state index is 0.0850. The van der Waals surface area contributed by atoms with Gasteiger partial charge in [-0.2, -0.15) is 5.10 Å². The number of aromatic amines is 1. The molecule has 0 bridgehead atoms. The van der Waals surface area contributed by atoms with Crippen LogP contribution in [0.1, 0.15) is 13.8 Å². The summed E-state index contributed by atoms with van der Waals surface area (Å²) in [4.78, 5) is 24.7. The summed E-state index contributed by atoms with van der Waals surface area (Å²) in [6.07, 6.45) is 0. The van der Waals surface area contributed by atoms with E-state index in [1.165, 1.54) is 16.3 Å². The highest BCUT2D eigenvalue weighted by atomic mass is 32.2. The van der Waals surface area contributed by atoms with Crippen molar-refractivity contribution in [2.45, 2.75) is 25.0 Å². The molecule has 3 aromatic heterocycles. The van der Waals surface area contributed by atoms with Gasteiger partial charge in [-0.1, -0.05) is 17.8 Å². The van der Waals surface area contributed by atoms with E-state index in [1.54, 1.807) is 17.4 Å². The molecular formula is C14H15N5O2S2. The molecule has 0 radical (unpaired) electrons. The SMILES string of the molecule is CC(C)NC(=O)CSc1n[nH]c(=O)c2cc(-c3cccs3)nn12. The number of carbonyl (C=O) groups excluding carboxylic acids is 1. The van der Waals surface area contributed by atoms with Crippen LogP contribution in [0.2, 0.25) is 0 Å². The zero-order valence-electron chi connectivity index (χ0n) is 12.6. The van der Waals surface area contributed by atoms with Crippen molar-refractivity contribution >= 4 is 34.5 Å². The number of H-pyrrole nitrogens is 1. The molecule has 0 saturated carbocycles. The van der Waals surface area contributed by atoms with Gasteiger partial charge in [0.05, 0.1) is 10.6 Å². The van der Waals surface area contributed by atoms with Gasteiger partial charge in [0.1, 0.15) is 11.2 Å². The Morgan fingerprint density at radius 3 is 3.04 bits per heavy atom. The number of hydrogen-bond acceptors (Lipinski definition) is 6. The van der Waals surface area contributed by atoms with Gasteiger partial charge < -0.3 is 5.32 Å². The van der Waals surface area contributed by atoms with Crippen LogP contribution in [0.25, 0.3) is 16.1 Å². The molecule has 0 spiro atoms. The molecule has 120 valence electrons. The van der Waals surface area contributed by atoms with Crippen molar-refractivity contribution < 1.29 is 4.79 Å². The highest BCUT2D eigenvalue weighted by molar-refractivity contribution is 7.99. The Morgan fingerprint density at radius 1 is 1.52 bits per heavy atom. The van der Waals surface area contributed by atoms with Crippen LogP contribution in [0.4, 0.5) is 0 Å². The maximum Gasteiger partial charge on any atom is 0.290 e. The van der Waals surface area contributed by atoms with Crippen molar-refractivity contribution in [2.24, 2.45) is 0 Å². The quantitative estimate of drug-likeness (QED) is 0.685. The van der Waals surface area contributed by atoms with Gasteiger partial charge in [-0.15, -0.1) is 16.4 Å². The molecule has 23 heavy (non-hydrogen) atoms. The number of nitrogens with zero attached hydrogens (tertiary/aromatic N) is 3. The van der Waals surface area contributed by atoms with Crippen molar-refractivity contribution in [2.75, 3.05) is 5.75 Å². The third kappa shape index (κ3) is 3.45. The predicted octanol–water partition coefficient (Wildman–Crippen LogP) is 1.76. The zero-order valence-corrected chi connectivity index (χ0v) is 14.2. The number of thiophene rings is 1. The lowest BCUT2D eigenvalue weighted by atomic mass is 10.3. The highest BCUT2D eigenvalue weighted by Gasteiger charge is 2.14. The topological polar surface area (TPSA) is 92.1 Å². The summed E-state index contributed by atoms with van der Waals surface area (Å²) in [5, 5.41) is 16.1. The summed E-state index contributed by atoms with van der Waals surface area (Å²) < 4.78 is 1.49. The van der Waals surface area contributed by atoms with E-state index in [2.05, 4.69) is 20.6 Å². The molecule has 0 aliphatic carbocycles. The summed E-state index contributed by atoms with van der Waals surface area (Å²) in [6, 6.07) is 5.68. The van der Waals surface area contributed by atoms with Crippen LogP contribution in [-0.2, 0) is 4.79 Å². The van der Waals surface area contributed by atoms with Gasteiger partial charge >= 0.3 is 0 Å². The average Bonchev–Trinajstić information content (AvgIpc) is 3.15. The summed E-state index contributed by atoms with van der Waals surface area (Å²) in [5.74, 6) is 0.123. The Labute approximate surface area is 140 Å². The van der Waals surface area contributed by atoms with E-state index in [0.717, 1.165) is 4.88 Å². The molecule has 0 aliphatic heterocycles. The lowest BCUT2D eigenvalue weighted by molar-refractivity contribution is -0.119.